The first-order valence-corrected chi connectivity index (χ1v) is 16.2. The van der Waals surface area contributed by atoms with Crippen LogP contribution < -0.4 is 26.6 Å². The fourth-order valence-corrected chi connectivity index (χ4v) is 6.85. The van der Waals surface area contributed by atoms with Crippen molar-refractivity contribution in [3.63, 3.8) is 0 Å². The molecule has 2 aliphatic heterocycles. The molecular weight excluding hydrogens is 590 g/mol. The number of hydrogen-bond acceptors (Lipinski definition) is 9. The Kier molecular flexibility index (Phi) is 14.0. The van der Waals surface area contributed by atoms with Gasteiger partial charge < -0.3 is 36.2 Å². The van der Waals surface area contributed by atoms with Crippen molar-refractivity contribution in [3.8, 4) is 0 Å². The van der Waals surface area contributed by atoms with Gasteiger partial charge in [-0.3, -0.25) is 19.7 Å². The van der Waals surface area contributed by atoms with E-state index in [1.54, 1.807) is 19.1 Å². The van der Waals surface area contributed by atoms with Gasteiger partial charge in [0.25, 0.3) is 5.69 Å². The number of carbonyl (C=O) groups excluding carboxylic acids is 4. The molecule has 0 aliphatic carbocycles. The Hall–Kier alpha value is -3.59. The summed E-state index contributed by atoms with van der Waals surface area (Å²) in [6, 6.07) is 5.08. The second-order valence-corrected chi connectivity index (χ2v) is 12.5. The fourth-order valence-electron chi connectivity index (χ4n) is 5.30. The van der Waals surface area contributed by atoms with Crippen LogP contribution in [0.25, 0.3) is 0 Å². The number of carbonyl (C=O) groups is 4. The number of nitrogens with one attached hydrogen (secondary N) is 5. The van der Waals surface area contributed by atoms with Crippen molar-refractivity contribution in [2.45, 2.75) is 82.4 Å². The number of alkyl carbamates (subject to hydrolysis) is 1. The Bertz CT molecular complexity index is 1170. The largest absolute Gasteiger partial charge is 0.441 e. The molecule has 244 valence electrons. The van der Waals surface area contributed by atoms with Gasteiger partial charge in [-0.2, -0.15) is 11.8 Å². The number of thioether (sulfide) groups is 1. The van der Waals surface area contributed by atoms with Crippen molar-refractivity contribution in [3.05, 3.63) is 39.4 Å². The molecule has 0 radical (unpaired) electrons. The van der Waals surface area contributed by atoms with Gasteiger partial charge in [0.2, 0.25) is 11.8 Å². The van der Waals surface area contributed by atoms with Crippen LogP contribution in [-0.2, 0) is 20.9 Å². The first kappa shape index (κ1) is 34.9. The monoisotopic (exact) mass is 635 g/mol. The Morgan fingerprint density at radius 3 is 2.59 bits per heavy atom. The third kappa shape index (κ3) is 11.5. The highest BCUT2D eigenvalue weighted by molar-refractivity contribution is 8.00. The number of urea groups is 1. The van der Waals surface area contributed by atoms with E-state index in [0.717, 1.165) is 30.6 Å². The zero-order valence-corrected chi connectivity index (χ0v) is 26.5. The summed E-state index contributed by atoms with van der Waals surface area (Å²) >= 11 is 1.87. The molecule has 14 nitrogen and oxygen atoms in total. The van der Waals surface area contributed by atoms with Crippen LogP contribution in [0.15, 0.2) is 18.2 Å². The van der Waals surface area contributed by atoms with Crippen molar-refractivity contribution in [2.24, 2.45) is 0 Å². The highest BCUT2D eigenvalue weighted by atomic mass is 32.2. The number of likely N-dealkylation sites (N-methyl/N-ethyl adjacent to an activating group) is 1. The molecule has 2 saturated heterocycles. The van der Waals surface area contributed by atoms with Crippen LogP contribution >= 0.6 is 11.8 Å². The Morgan fingerprint density at radius 1 is 1.11 bits per heavy atom. The summed E-state index contributed by atoms with van der Waals surface area (Å²) in [5.74, 6) is 0.820. The summed E-state index contributed by atoms with van der Waals surface area (Å²) in [5.41, 5.74) is 0.984. The van der Waals surface area contributed by atoms with Gasteiger partial charge in [-0.05, 0) is 51.3 Å². The quantitative estimate of drug-likeness (QED) is 0.0700. The minimum atomic E-state index is -0.846. The lowest BCUT2D eigenvalue weighted by atomic mass is 10.0. The van der Waals surface area contributed by atoms with Gasteiger partial charge in [0.1, 0.15) is 6.10 Å². The number of benzene rings is 1. The molecule has 0 bridgehead atoms. The molecule has 15 heteroatoms. The lowest BCUT2D eigenvalue weighted by Gasteiger charge is -2.19. The molecule has 5 N–H and O–H groups in total. The van der Waals surface area contributed by atoms with Crippen molar-refractivity contribution < 1.29 is 28.8 Å². The van der Waals surface area contributed by atoms with E-state index in [4.69, 9.17) is 4.74 Å². The fraction of sp³-hybridized carbons (Fsp3) is 0.655. The molecule has 0 spiro atoms. The summed E-state index contributed by atoms with van der Waals surface area (Å²) in [5, 5.41) is 26.2. The number of nitro benzene ring substituents is 1. The smallest absolute Gasteiger partial charge is 0.407 e. The Labute approximate surface area is 262 Å². The zero-order valence-electron chi connectivity index (χ0n) is 25.7. The normalized spacial score (nSPS) is 19.5. The Morgan fingerprint density at radius 2 is 1.86 bits per heavy atom. The lowest BCUT2D eigenvalue weighted by molar-refractivity contribution is -0.386. The van der Waals surface area contributed by atoms with E-state index in [0.29, 0.717) is 62.8 Å². The third-order valence-electron chi connectivity index (χ3n) is 7.61. The molecule has 2 aliphatic rings. The molecule has 3 rings (SSSR count). The molecule has 5 amide bonds. The maximum Gasteiger partial charge on any atom is 0.407 e. The standard InChI is InChI=1S/C29H45N7O7S/c1-19(43-29(40)32-13-7-6-12-30-20(2)37)22-16-21(10-11-24(22)36(41)42)17-35(3)15-14-31-26(38)9-5-4-8-25-27-23(18-44-25)33-28(39)34-27/h10-11,16,19,23,25,27H,4-9,12-15,17-18H2,1-3H3,(H,30,37)(H,31,38)(H,32,40)(H2,33,34,39)/t19?,23-,25-,27-/m0/s1. The number of ether oxygens (including phenoxy) is 1. The van der Waals surface area contributed by atoms with Crippen molar-refractivity contribution in [1.29, 1.82) is 0 Å². The maximum absolute atomic E-state index is 12.3. The summed E-state index contributed by atoms with van der Waals surface area (Å²) in [6.45, 7) is 5.45. The first-order valence-electron chi connectivity index (χ1n) is 15.1. The second-order valence-electron chi connectivity index (χ2n) is 11.3. The predicted molar refractivity (Wildman–Crippen MR) is 167 cm³/mol. The number of hydrogen-bond donors (Lipinski definition) is 5. The highest BCUT2D eigenvalue weighted by Crippen LogP contribution is 2.33. The number of fused-ring (bicyclic) bond motifs is 1. The van der Waals surface area contributed by atoms with E-state index in [-0.39, 0.29) is 35.6 Å². The van der Waals surface area contributed by atoms with Gasteiger partial charge in [-0.25, -0.2) is 9.59 Å². The SMILES string of the molecule is CC(=O)NCCCCNC(=O)OC(C)c1cc(CN(C)CCNC(=O)CCCC[C@@H]2SC[C@@H]3NC(=O)N[C@@H]32)ccc1[N+](=O)[O-]. The molecule has 2 heterocycles. The summed E-state index contributed by atoms with van der Waals surface area (Å²) in [7, 11) is 1.90. The van der Waals surface area contributed by atoms with E-state index < -0.39 is 17.1 Å². The highest BCUT2D eigenvalue weighted by Gasteiger charge is 2.42. The average Bonchev–Trinajstić information content (AvgIpc) is 3.51. The van der Waals surface area contributed by atoms with Crippen molar-refractivity contribution in [2.75, 3.05) is 39.0 Å². The van der Waals surface area contributed by atoms with Gasteiger partial charge in [-0.1, -0.05) is 12.5 Å². The minimum Gasteiger partial charge on any atom is -0.441 e. The predicted octanol–water partition coefficient (Wildman–Crippen LogP) is 2.57. The van der Waals surface area contributed by atoms with Crippen LogP contribution in [0.3, 0.4) is 0 Å². The van der Waals surface area contributed by atoms with Gasteiger partial charge in [0.05, 0.1) is 22.6 Å². The van der Waals surface area contributed by atoms with E-state index >= 15 is 0 Å². The van der Waals surface area contributed by atoms with Gasteiger partial charge >= 0.3 is 12.1 Å². The molecule has 4 atom stereocenters. The van der Waals surface area contributed by atoms with Crippen molar-refractivity contribution in [1.82, 2.24) is 31.5 Å². The number of nitrogens with zero attached hydrogens (tertiary/aromatic N) is 2. The van der Waals surface area contributed by atoms with E-state index in [2.05, 4.69) is 26.6 Å². The second kappa shape index (κ2) is 17.6. The maximum atomic E-state index is 12.3. The number of rotatable bonds is 18. The molecule has 44 heavy (non-hydrogen) atoms. The van der Waals surface area contributed by atoms with Crippen LogP contribution in [-0.4, -0.2) is 90.1 Å². The van der Waals surface area contributed by atoms with Crippen LogP contribution in [0.2, 0.25) is 0 Å². The van der Waals surface area contributed by atoms with Crippen LogP contribution in [0.5, 0.6) is 0 Å². The topological polar surface area (TPSA) is 184 Å². The summed E-state index contributed by atoms with van der Waals surface area (Å²) < 4.78 is 5.41. The van der Waals surface area contributed by atoms with Crippen LogP contribution in [0.4, 0.5) is 15.3 Å². The van der Waals surface area contributed by atoms with Crippen LogP contribution in [0, 0.1) is 10.1 Å². The Balaban J connectivity index is 1.35. The van der Waals surface area contributed by atoms with Gasteiger partial charge in [-0.15, -0.1) is 0 Å². The average molecular weight is 636 g/mol. The van der Waals surface area contributed by atoms with E-state index in [1.807, 2.05) is 23.7 Å². The molecule has 1 unspecified atom stereocenters. The molecule has 0 saturated carbocycles. The lowest BCUT2D eigenvalue weighted by Crippen LogP contribution is -2.36. The van der Waals surface area contributed by atoms with Crippen molar-refractivity contribution >= 4 is 41.4 Å². The summed E-state index contributed by atoms with van der Waals surface area (Å²) in [4.78, 5) is 60.1. The third-order valence-corrected chi connectivity index (χ3v) is 9.11. The molecule has 0 aromatic heterocycles. The molecular formula is C29H45N7O7S. The molecule has 1 aromatic carbocycles. The van der Waals surface area contributed by atoms with E-state index in [1.165, 1.54) is 13.0 Å². The van der Waals surface area contributed by atoms with Gasteiger partial charge in [0, 0.05) is 63.1 Å². The number of nitro groups is 1. The number of amides is 5. The summed E-state index contributed by atoms with van der Waals surface area (Å²) in [6.07, 6.45) is 2.96. The first-order chi connectivity index (χ1) is 21.0. The minimum absolute atomic E-state index is 0.000729. The zero-order chi connectivity index (χ0) is 32.1. The molecule has 2 fully saturated rings. The van der Waals surface area contributed by atoms with Crippen LogP contribution in [0.1, 0.15) is 69.6 Å². The van der Waals surface area contributed by atoms with E-state index in [9.17, 15) is 29.3 Å². The number of unbranched alkanes of at least 4 members (excludes halogenated alkanes) is 2. The van der Waals surface area contributed by atoms with Gasteiger partial charge in [0.15, 0.2) is 0 Å². The molecule has 1 aromatic rings.